The number of amides is 1. The van der Waals surface area contributed by atoms with E-state index in [2.05, 4.69) is 27.3 Å². The van der Waals surface area contributed by atoms with Gasteiger partial charge in [-0.05, 0) is 48.3 Å². The highest BCUT2D eigenvalue weighted by Gasteiger charge is 2.62. The average molecular weight is 362 g/mol. The van der Waals surface area contributed by atoms with Crippen molar-refractivity contribution in [3.63, 3.8) is 0 Å². The predicted octanol–water partition coefficient (Wildman–Crippen LogP) is 3.16. The number of nitrogens with one attached hydrogen (secondary N) is 1. The van der Waals surface area contributed by atoms with Gasteiger partial charge >= 0.3 is 5.97 Å². The van der Waals surface area contributed by atoms with E-state index in [1.165, 1.54) is 0 Å². The number of hydrogen-bond donors (Lipinski definition) is 2. The number of anilines is 1. The Morgan fingerprint density at radius 1 is 1.14 bits per heavy atom. The zero-order chi connectivity index (χ0) is 15.4. The number of carbonyl (C=O) groups is 2. The van der Waals surface area contributed by atoms with Crippen LogP contribution < -0.4 is 5.32 Å². The number of rotatable bonds is 3. The summed E-state index contributed by atoms with van der Waals surface area (Å²) in [4.78, 5) is 24.4. The van der Waals surface area contributed by atoms with Gasteiger partial charge < -0.3 is 10.4 Å². The molecular weight excluding hydrogens is 346 g/mol. The smallest absolute Gasteiger partial charge is 0.307 e. The third-order valence-electron chi connectivity index (χ3n) is 5.33. The summed E-state index contributed by atoms with van der Waals surface area (Å²) in [5.41, 5.74) is 0.696. The van der Waals surface area contributed by atoms with E-state index < -0.39 is 17.8 Å². The van der Waals surface area contributed by atoms with Gasteiger partial charge in [-0.15, -0.1) is 0 Å². The fourth-order valence-corrected chi connectivity index (χ4v) is 4.76. The lowest BCUT2D eigenvalue weighted by atomic mass is 9.62. The Balaban J connectivity index is 1.61. The van der Waals surface area contributed by atoms with E-state index in [-0.39, 0.29) is 17.7 Å². The van der Waals surface area contributed by atoms with Crippen LogP contribution in [0.4, 0.5) is 5.69 Å². The first-order valence-electron chi connectivity index (χ1n) is 7.54. The number of carboxylic acid groups (broad SMARTS) is 1. The molecule has 22 heavy (non-hydrogen) atoms. The molecule has 1 aromatic carbocycles. The van der Waals surface area contributed by atoms with Gasteiger partial charge in [-0.3, -0.25) is 9.59 Å². The largest absolute Gasteiger partial charge is 0.481 e. The number of allylic oxidation sites excluding steroid dienone is 2. The summed E-state index contributed by atoms with van der Waals surface area (Å²) in [6, 6.07) is 7.37. The Hall–Kier alpha value is -1.62. The third-order valence-corrected chi connectivity index (χ3v) is 5.83. The van der Waals surface area contributed by atoms with Crippen LogP contribution in [0, 0.1) is 35.5 Å². The highest BCUT2D eigenvalue weighted by molar-refractivity contribution is 9.10. The van der Waals surface area contributed by atoms with Gasteiger partial charge in [0.05, 0.1) is 11.8 Å². The van der Waals surface area contributed by atoms with E-state index >= 15 is 0 Å². The molecule has 2 saturated carbocycles. The van der Waals surface area contributed by atoms with Crippen molar-refractivity contribution < 1.29 is 14.7 Å². The molecule has 1 amide bonds. The Morgan fingerprint density at radius 3 is 2.45 bits per heavy atom. The van der Waals surface area contributed by atoms with E-state index in [9.17, 15) is 14.7 Å². The van der Waals surface area contributed by atoms with Crippen LogP contribution in [-0.4, -0.2) is 17.0 Å². The minimum atomic E-state index is -0.848. The van der Waals surface area contributed by atoms with Gasteiger partial charge in [-0.25, -0.2) is 0 Å². The molecule has 5 rings (SSSR count). The molecule has 4 nitrogen and oxygen atoms in total. The molecule has 4 aliphatic carbocycles. The van der Waals surface area contributed by atoms with E-state index in [0.29, 0.717) is 17.5 Å². The topological polar surface area (TPSA) is 66.4 Å². The van der Waals surface area contributed by atoms with Crippen molar-refractivity contribution in [1.29, 1.82) is 0 Å². The first kappa shape index (κ1) is 14.0. The second-order valence-corrected chi connectivity index (χ2v) is 7.41. The van der Waals surface area contributed by atoms with Crippen LogP contribution in [0.15, 0.2) is 40.9 Å². The maximum Gasteiger partial charge on any atom is 0.307 e. The molecule has 0 spiro atoms. The standard InChI is InChI=1S/C17H16BrNO3/c18-8-2-1-3-9(6-8)19-16(20)14-10-4-5-11(13-7-12(10)13)15(14)17(21)22/h1-6,10-15H,7H2,(H,19,20)(H,21,22)/t10-,11-,12-,13-,14-,15+/m1/s1. The fraction of sp³-hybridized carbons (Fsp3) is 0.412. The molecule has 1 aromatic rings. The minimum absolute atomic E-state index is 0.0192. The molecule has 0 saturated heterocycles. The lowest BCUT2D eigenvalue weighted by Gasteiger charge is -2.41. The molecule has 0 radical (unpaired) electrons. The van der Waals surface area contributed by atoms with Crippen molar-refractivity contribution in [2.75, 3.05) is 5.32 Å². The Labute approximate surface area is 136 Å². The van der Waals surface area contributed by atoms with Crippen LogP contribution in [0.2, 0.25) is 0 Å². The normalized spacial score (nSPS) is 37.5. The third kappa shape index (κ3) is 2.10. The zero-order valence-corrected chi connectivity index (χ0v) is 13.4. The molecular formula is C17H16BrNO3. The summed E-state index contributed by atoms with van der Waals surface area (Å²) in [6.45, 7) is 0. The molecule has 114 valence electrons. The van der Waals surface area contributed by atoms with Crippen LogP contribution in [0.1, 0.15) is 6.42 Å². The van der Waals surface area contributed by atoms with Crippen molar-refractivity contribution in [2.24, 2.45) is 35.5 Å². The van der Waals surface area contributed by atoms with Crippen LogP contribution in [-0.2, 0) is 9.59 Å². The first-order chi connectivity index (χ1) is 10.6. The summed E-state index contributed by atoms with van der Waals surface area (Å²) >= 11 is 3.38. The fourth-order valence-electron chi connectivity index (χ4n) is 4.36. The molecule has 0 heterocycles. The van der Waals surface area contributed by atoms with Crippen LogP contribution >= 0.6 is 15.9 Å². The predicted molar refractivity (Wildman–Crippen MR) is 85.1 cm³/mol. The van der Waals surface area contributed by atoms with Gasteiger partial charge in [-0.1, -0.05) is 34.1 Å². The van der Waals surface area contributed by atoms with E-state index in [4.69, 9.17) is 0 Å². The lowest BCUT2D eigenvalue weighted by Crippen LogP contribution is -2.48. The molecule has 2 bridgehead atoms. The van der Waals surface area contributed by atoms with E-state index in [1.54, 1.807) is 0 Å². The molecule has 0 unspecified atom stereocenters. The molecule has 5 heteroatoms. The quantitative estimate of drug-likeness (QED) is 0.812. The van der Waals surface area contributed by atoms with Crippen molar-refractivity contribution in [1.82, 2.24) is 0 Å². The second-order valence-electron chi connectivity index (χ2n) is 6.49. The Morgan fingerprint density at radius 2 is 1.82 bits per heavy atom. The van der Waals surface area contributed by atoms with Gasteiger partial charge in [-0.2, -0.15) is 0 Å². The second kappa shape index (κ2) is 4.95. The summed E-state index contributed by atoms with van der Waals surface area (Å²) in [6.07, 6.45) is 5.16. The highest BCUT2D eigenvalue weighted by Crippen LogP contribution is 2.63. The number of hydrogen-bond acceptors (Lipinski definition) is 2. The molecule has 2 fully saturated rings. The molecule has 6 atom stereocenters. The summed E-state index contributed by atoms with van der Waals surface area (Å²) in [5, 5.41) is 12.5. The van der Waals surface area contributed by atoms with Crippen LogP contribution in [0.3, 0.4) is 0 Å². The van der Waals surface area contributed by atoms with Crippen LogP contribution in [0.5, 0.6) is 0 Å². The van der Waals surface area contributed by atoms with Gasteiger partial charge in [0.25, 0.3) is 0 Å². The maximum absolute atomic E-state index is 12.7. The number of carbonyl (C=O) groups excluding carboxylic acids is 1. The Bertz CT molecular complexity index is 686. The molecule has 2 N–H and O–H groups in total. The number of fused-ring (bicyclic) bond motifs is 1. The first-order valence-corrected chi connectivity index (χ1v) is 8.33. The number of aliphatic carboxylic acids is 1. The van der Waals surface area contributed by atoms with Gasteiger partial charge in [0.15, 0.2) is 0 Å². The van der Waals surface area contributed by atoms with Crippen LogP contribution in [0.25, 0.3) is 0 Å². The van der Waals surface area contributed by atoms with Crippen molar-refractivity contribution in [2.45, 2.75) is 6.42 Å². The van der Waals surface area contributed by atoms with Gasteiger partial charge in [0, 0.05) is 10.2 Å². The van der Waals surface area contributed by atoms with Crippen molar-refractivity contribution in [3.8, 4) is 0 Å². The summed E-state index contributed by atoms with van der Waals surface area (Å²) < 4.78 is 0.882. The summed E-state index contributed by atoms with van der Waals surface area (Å²) in [7, 11) is 0. The minimum Gasteiger partial charge on any atom is -0.481 e. The van der Waals surface area contributed by atoms with E-state index in [1.807, 2.05) is 30.3 Å². The van der Waals surface area contributed by atoms with Gasteiger partial charge in [0.2, 0.25) is 5.91 Å². The van der Waals surface area contributed by atoms with E-state index in [0.717, 1.165) is 10.9 Å². The highest BCUT2D eigenvalue weighted by atomic mass is 79.9. The molecule has 4 aliphatic rings. The number of benzene rings is 1. The lowest BCUT2D eigenvalue weighted by molar-refractivity contribution is -0.152. The molecule has 0 aliphatic heterocycles. The Kier molecular flexibility index (Phi) is 3.15. The van der Waals surface area contributed by atoms with Crippen molar-refractivity contribution >= 4 is 33.5 Å². The number of carboxylic acids is 1. The molecule has 0 aromatic heterocycles. The van der Waals surface area contributed by atoms with Crippen molar-refractivity contribution in [3.05, 3.63) is 40.9 Å². The maximum atomic E-state index is 12.7. The SMILES string of the molecule is O=C(Nc1cccc(Br)c1)[C@@H]1[C@@H]2C=C[C@H]([C@H]3C[C@H]23)[C@@H]1C(=O)O. The monoisotopic (exact) mass is 361 g/mol. The van der Waals surface area contributed by atoms with Gasteiger partial charge in [0.1, 0.15) is 0 Å². The average Bonchev–Trinajstić information content (AvgIpc) is 3.28. The number of halogens is 1. The summed E-state index contributed by atoms with van der Waals surface area (Å²) in [5.74, 6) is -1.00. The zero-order valence-electron chi connectivity index (χ0n) is 11.8.